The van der Waals surface area contributed by atoms with Gasteiger partial charge in [0.25, 0.3) is 11.8 Å². The molecule has 1 saturated carbocycles. The van der Waals surface area contributed by atoms with E-state index in [1.54, 1.807) is 6.07 Å². The number of carbonyl (C=O) groups excluding carboxylic acids is 3. The number of fused-ring (bicyclic) bond motifs is 3. The molecule has 2 aliphatic rings. The molecule has 1 aliphatic heterocycles. The van der Waals surface area contributed by atoms with Crippen molar-refractivity contribution in [2.24, 2.45) is 5.92 Å². The molecular weight excluding hydrogens is 456 g/mol. The van der Waals surface area contributed by atoms with Crippen LogP contribution in [-0.4, -0.2) is 39.7 Å². The normalized spacial score (nSPS) is 19.6. The minimum atomic E-state index is -0.985. The zero-order chi connectivity index (χ0) is 26.0. The Hall–Kier alpha value is -3.39. The van der Waals surface area contributed by atoms with Crippen molar-refractivity contribution < 1.29 is 19.6 Å². The molecule has 4 rings (SSSR count). The predicted octanol–water partition coefficient (Wildman–Crippen LogP) is 4.98. The Morgan fingerprint density at radius 2 is 1.61 bits per heavy atom. The molecule has 3 N–H and O–H groups in total. The van der Waals surface area contributed by atoms with Crippen LogP contribution in [0.25, 0.3) is 11.1 Å². The smallest absolute Gasteiger partial charge is 0.325 e. The maximum absolute atomic E-state index is 13.5. The quantitative estimate of drug-likeness (QED) is 0.405. The maximum Gasteiger partial charge on any atom is 0.342 e. The summed E-state index contributed by atoms with van der Waals surface area (Å²) in [5.41, 5.74) is 5.29. The first-order valence-electron chi connectivity index (χ1n) is 12.8. The molecule has 1 unspecified atom stereocenters. The van der Waals surface area contributed by atoms with E-state index < -0.39 is 29.4 Å². The molecule has 1 fully saturated rings. The van der Waals surface area contributed by atoms with Crippen LogP contribution in [0.2, 0.25) is 0 Å². The van der Waals surface area contributed by atoms with Crippen LogP contribution in [0, 0.1) is 5.92 Å². The SMILES string of the molecule is CC1C(=O)N(NC(=O)[C@H](C)NC(=O)N(O)C2(C(C)C)CCCCC2)c2ccccc2-c2ccccc21. The number of amides is 4. The molecule has 0 saturated heterocycles. The van der Waals surface area contributed by atoms with E-state index >= 15 is 0 Å². The average Bonchev–Trinajstić information content (AvgIpc) is 2.98. The van der Waals surface area contributed by atoms with E-state index in [-0.39, 0.29) is 11.8 Å². The van der Waals surface area contributed by atoms with Gasteiger partial charge in [-0.1, -0.05) is 75.6 Å². The van der Waals surface area contributed by atoms with E-state index in [0.717, 1.165) is 41.0 Å². The minimum Gasteiger partial charge on any atom is -0.325 e. The van der Waals surface area contributed by atoms with Gasteiger partial charge < -0.3 is 5.32 Å². The number of hydroxylamine groups is 2. The van der Waals surface area contributed by atoms with Gasteiger partial charge in [-0.15, -0.1) is 0 Å². The first-order valence-corrected chi connectivity index (χ1v) is 12.8. The van der Waals surface area contributed by atoms with Crippen LogP contribution in [0.5, 0.6) is 0 Å². The Bertz CT molecular complexity index is 1140. The van der Waals surface area contributed by atoms with E-state index in [1.807, 2.05) is 63.2 Å². The Labute approximate surface area is 212 Å². The largest absolute Gasteiger partial charge is 0.342 e. The molecule has 0 spiro atoms. The second-order valence-corrected chi connectivity index (χ2v) is 10.3. The fourth-order valence-corrected chi connectivity index (χ4v) is 5.50. The lowest BCUT2D eigenvalue weighted by molar-refractivity contribution is -0.158. The number of hydrogen-bond donors (Lipinski definition) is 3. The van der Waals surface area contributed by atoms with Crippen molar-refractivity contribution >= 4 is 23.5 Å². The predicted molar refractivity (Wildman–Crippen MR) is 138 cm³/mol. The van der Waals surface area contributed by atoms with Gasteiger partial charge in [-0.3, -0.25) is 20.2 Å². The number of rotatable bonds is 5. The summed E-state index contributed by atoms with van der Waals surface area (Å²) >= 11 is 0. The number of para-hydroxylation sites is 1. The number of nitrogens with one attached hydrogen (secondary N) is 2. The summed E-state index contributed by atoms with van der Waals surface area (Å²) in [5, 5.41) is 15.6. The van der Waals surface area contributed by atoms with Gasteiger partial charge in [-0.2, -0.15) is 5.06 Å². The van der Waals surface area contributed by atoms with Crippen molar-refractivity contribution in [1.82, 2.24) is 15.8 Å². The maximum atomic E-state index is 13.5. The van der Waals surface area contributed by atoms with Gasteiger partial charge in [0.1, 0.15) is 6.04 Å². The number of hydrazine groups is 1. The number of hydrogen-bond acceptors (Lipinski definition) is 4. The lowest BCUT2D eigenvalue weighted by atomic mass is 9.74. The van der Waals surface area contributed by atoms with Gasteiger partial charge in [-0.25, -0.2) is 9.80 Å². The van der Waals surface area contributed by atoms with Crippen LogP contribution in [0.1, 0.15) is 71.3 Å². The van der Waals surface area contributed by atoms with Gasteiger partial charge in [0.15, 0.2) is 0 Å². The number of carbonyl (C=O) groups is 3. The highest BCUT2D eigenvalue weighted by Crippen LogP contribution is 2.40. The zero-order valence-corrected chi connectivity index (χ0v) is 21.5. The van der Waals surface area contributed by atoms with Crippen molar-refractivity contribution in [3.63, 3.8) is 0 Å². The third-order valence-electron chi connectivity index (χ3n) is 7.82. The highest BCUT2D eigenvalue weighted by Gasteiger charge is 2.44. The second kappa shape index (κ2) is 10.3. The fourth-order valence-electron chi connectivity index (χ4n) is 5.50. The topological polar surface area (TPSA) is 102 Å². The summed E-state index contributed by atoms with van der Waals surface area (Å²) < 4.78 is 0. The van der Waals surface area contributed by atoms with E-state index in [1.165, 1.54) is 11.9 Å². The molecule has 0 aromatic heterocycles. The molecule has 0 bridgehead atoms. The van der Waals surface area contributed by atoms with Crippen LogP contribution in [0.15, 0.2) is 48.5 Å². The highest BCUT2D eigenvalue weighted by molar-refractivity contribution is 6.06. The summed E-state index contributed by atoms with van der Waals surface area (Å²) in [6, 6.07) is 13.4. The van der Waals surface area contributed by atoms with Crippen LogP contribution in [-0.2, 0) is 9.59 Å². The number of nitrogens with zero attached hydrogens (tertiary/aromatic N) is 2. The Balaban J connectivity index is 1.53. The first kappa shape index (κ1) is 25.7. The number of anilines is 1. The fraction of sp³-hybridized carbons (Fsp3) is 0.464. The van der Waals surface area contributed by atoms with E-state index in [9.17, 15) is 19.6 Å². The molecule has 4 amide bonds. The Morgan fingerprint density at radius 1 is 1.00 bits per heavy atom. The van der Waals surface area contributed by atoms with Crippen LogP contribution >= 0.6 is 0 Å². The van der Waals surface area contributed by atoms with Crippen molar-refractivity contribution in [3.05, 3.63) is 54.1 Å². The third-order valence-corrected chi connectivity index (χ3v) is 7.82. The van der Waals surface area contributed by atoms with E-state index in [0.29, 0.717) is 18.5 Å². The molecule has 36 heavy (non-hydrogen) atoms. The molecular formula is C28H36N4O4. The van der Waals surface area contributed by atoms with Crippen molar-refractivity contribution in [1.29, 1.82) is 0 Å². The van der Waals surface area contributed by atoms with Crippen LogP contribution in [0.4, 0.5) is 10.5 Å². The standard InChI is InChI=1S/C28H36N4O4/c1-18(2)28(16-10-5-11-17-28)32(36)27(35)29-20(4)25(33)30-31-24-15-9-8-14-23(24)22-13-7-6-12-21(22)19(3)26(31)34/h6-9,12-15,18-20,36H,5,10-11,16-17H2,1-4H3,(H,29,35)(H,30,33)/t19?,20-/m0/s1. The number of urea groups is 1. The first-order chi connectivity index (χ1) is 17.2. The number of benzene rings is 2. The van der Waals surface area contributed by atoms with Gasteiger partial charge in [-0.05, 0) is 49.8 Å². The molecule has 1 heterocycles. The molecule has 2 atom stereocenters. The zero-order valence-electron chi connectivity index (χ0n) is 21.5. The van der Waals surface area contributed by atoms with Gasteiger partial charge >= 0.3 is 6.03 Å². The van der Waals surface area contributed by atoms with E-state index in [2.05, 4.69) is 10.7 Å². The molecule has 1 aliphatic carbocycles. The lowest BCUT2D eigenvalue weighted by Gasteiger charge is -2.45. The monoisotopic (exact) mass is 492 g/mol. The molecule has 192 valence electrons. The van der Waals surface area contributed by atoms with Crippen LogP contribution < -0.4 is 15.8 Å². The van der Waals surface area contributed by atoms with Crippen molar-refractivity contribution in [2.75, 3.05) is 5.01 Å². The summed E-state index contributed by atoms with van der Waals surface area (Å²) in [6.45, 7) is 7.35. The Morgan fingerprint density at radius 3 is 2.28 bits per heavy atom. The molecule has 0 radical (unpaired) electrons. The van der Waals surface area contributed by atoms with Gasteiger partial charge in [0, 0.05) is 5.56 Å². The van der Waals surface area contributed by atoms with Gasteiger partial charge in [0.05, 0.1) is 17.1 Å². The Kier molecular flexibility index (Phi) is 7.36. The average molecular weight is 493 g/mol. The molecule has 8 nitrogen and oxygen atoms in total. The van der Waals surface area contributed by atoms with E-state index in [4.69, 9.17) is 0 Å². The summed E-state index contributed by atoms with van der Waals surface area (Å²) in [7, 11) is 0. The second-order valence-electron chi connectivity index (χ2n) is 10.3. The van der Waals surface area contributed by atoms with Crippen molar-refractivity contribution in [3.8, 4) is 11.1 Å². The third kappa shape index (κ3) is 4.57. The molecule has 2 aromatic carbocycles. The molecule has 2 aromatic rings. The summed E-state index contributed by atoms with van der Waals surface area (Å²) in [4.78, 5) is 39.6. The highest BCUT2D eigenvalue weighted by atomic mass is 16.5. The molecule has 8 heteroatoms. The van der Waals surface area contributed by atoms with Crippen molar-refractivity contribution in [2.45, 2.75) is 77.3 Å². The van der Waals surface area contributed by atoms with Crippen LogP contribution in [0.3, 0.4) is 0 Å². The lowest BCUT2D eigenvalue weighted by Crippen LogP contribution is -2.60. The summed E-state index contributed by atoms with van der Waals surface area (Å²) in [6.07, 6.45) is 4.39. The van der Waals surface area contributed by atoms with Gasteiger partial charge in [0.2, 0.25) is 0 Å². The minimum absolute atomic E-state index is 0.0621. The summed E-state index contributed by atoms with van der Waals surface area (Å²) in [5.74, 6) is -1.25.